The van der Waals surface area contributed by atoms with Gasteiger partial charge in [-0.15, -0.1) is 0 Å². The fraction of sp³-hybridized carbons (Fsp3) is 0.450. The Morgan fingerprint density at radius 1 is 1.28 bits per heavy atom. The molecule has 0 aliphatic carbocycles. The second kappa shape index (κ2) is 7.50. The number of hydrogen-bond donors (Lipinski definition) is 2. The van der Waals surface area contributed by atoms with Crippen molar-refractivity contribution in [2.75, 3.05) is 25.0 Å². The van der Waals surface area contributed by atoms with E-state index in [0.29, 0.717) is 22.9 Å². The fourth-order valence-corrected chi connectivity index (χ4v) is 3.53. The summed E-state index contributed by atoms with van der Waals surface area (Å²) in [6, 6.07) is 4.71. The van der Waals surface area contributed by atoms with Crippen LogP contribution in [0.4, 0.5) is 10.1 Å². The topological polar surface area (TPSA) is 44.4 Å². The summed E-state index contributed by atoms with van der Waals surface area (Å²) < 4.78 is 13.6. The maximum atomic E-state index is 13.6. The number of halogens is 1. The summed E-state index contributed by atoms with van der Waals surface area (Å²) >= 11 is 0. The summed E-state index contributed by atoms with van der Waals surface area (Å²) in [6.45, 7) is 9.59. The third-order valence-corrected chi connectivity index (χ3v) is 5.10. The number of nitrogens with zero attached hydrogens (tertiary/aromatic N) is 1. The van der Waals surface area contributed by atoms with Crippen LogP contribution >= 0.6 is 0 Å². The predicted octanol–water partition coefficient (Wildman–Crippen LogP) is 3.18. The van der Waals surface area contributed by atoms with E-state index in [2.05, 4.69) is 42.4 Å². The molecular weight excluding hydrogens is 317 g/mol. The molecule has 2 atom stereocenters. The molecule has 5 heteroatoms. The van der Waals surface area contributed by atoms with Gasteiger partial charge in [0.15, 0.2) is 0 Å². The number of carbonyl (C=O) groups excluding carboxylic acids is 1. The Morgan fingerprint density at radius 2 is 2.04 bits per heavy atom. The van der Waals surface area contributed by atoms with Gasteiger partial charge in [-0.05, 0) is 51.2 Å². The zero-order valence-corrected chi connectivity index (χ0v) is 15.1. The third kappa shape index (κ3) is 3.83. The lowest BCUT2D eigenvalue weighted by atomic mass is 10.0. The van der Waals surface area contributed by atoms with Crippen LogP contribution in [0.15, 0.2) is 35.9 Å². The highest BCUT2D eigenvalue weighted by Gasteiger charge is 2.28. The average molecular weight is 343 g/mol. The first kappa shape index (κ1) is 17.8. The molecule has 1 amide bonds. The van der Waals surface area contributed by atoms with Crippen molar-refractivity contribution in [1.82, 2.24) is 10.2 Å². The highest BCUT2D eigenvalue weighted by Crippen LogP contribution is 2.33. The van der Waals surface area contributed by atoms with E-state index in [0.717, 1.165) is 26.1 Å². The van der Waals surface area contributed by atoms with Crippen LogP contribution in [0.3, 0.4) is 0 Å². The Balaban J connectivity index is 1.72. The minimum atomic E-state index is -0.329. The molecule has 2 unspecified atom stereocenters. The SMILES string of the molecule is CCN(CC)CCC1C=C(C)C(C=C2C(=O)Nc3ccc(F)cc32)N1. The number of fused-ring (bicyclic) bond motifs is 1. The van der Waals surface area contributed by atoms with Gasteiger partial charge in [0, 0.05) is 28.9 Å². The van der Waals surface area contributed by atoms with Gasteiger partial charge in [0.2, 0.25) is 0 Å². The van der Waals surface area contributed by atoms with E-state index in [1.807, 2.05) is 6.08 Å². The van der Waals surface area contributed by atoms with Gasteiger partial charge in [0.05, 0.1) is 0 Å². The van der Waals surface area contributed by atoms with E-state index in [-0.39, 0.29) is 17.8 Å². The molecule has 2 aliphatic heterocycles. The van der Waals surface area contributed by atoms with Crippen molar-refractivity contribution >= 4 is 17.2 Å². The number of nitrogens with one attached hydrogen (secondary N) is 2. The minimum Gasteiger partial charge on any atom is -0.321 e. The van der Waals surface area contributed by atoms with Crippen molar-refractivity contribution in [3.63, 3.8) is 0 Å². The van der Waals surface area contributed by atoms with Crippen LogP contribution in [0.25, 0.3) is 5.57 Å². The van der Waals surface area contributed by atoms with Crippen LogP contribution in [-0.2, 0) is 4.79 Å². The molecule has 0 aromatic heterocycles. The molecule has 134 valence electrons. The van der Waals surface area contributed by atoms with Gasteiger partial charge in [0.1, 0.15) is 5.82 Å². The lowest BCUT2D eigenvalue weighted by Crippen LogP contribution is -2.34. The van der Waals surface area contributed by atoms with Crippen molar-refractivity contribution in [3.8, 4) is 0 Å². The summed E-state index contributed by atoms with van der Waals surface area (Å²) in [5.74, 6) is -0.494. The number of rotatable bonds is 6. The summed E-state index contributed by atoms with van der Waals surface area (Å²) in [5.41, 5.74) is 3.07. The predicted molar refractivity (Wildman–Crippen MR) is 99.9 cm³/mol. The molecule has 25 heavy (non-hydrogen) atoms. The van der Waals surface area contributed by atoms with E-state index in [1.165, 1.54) is 17.7 Å². The van der Waals surface area contributed by atoms with Crippen LogP contribution in [0.5, 0.6) is 0 Å². The van der Waals surface area contributed by atoms with Gasteiger partial charge < -0.3 is 15.5 Å². The maximum Gasteiger partial charge on any atom is 0.256 e. The van der Waals surface area contributed by atoms with Crippen molar-refractivity contribution in [2.45, 2.75) is 39.3 Å². The largest absolute Gasteiger partial charge is 0.321 e. The molecule has 3 rings (SSSR count). The van der Waals surface area contributed by atoms with Crippen LogP contribution in [0.1, 0.15) is 32.8 Å². The molecule has 4 nitrogen and oxygen atoms in total. The first-order valence-corrected chi connectivity index (χ1v) is 9.01. The molecule has 0 saturated carbocycles. The van der Waals surface area contributed by atoms with Crippen LogP contribution in [-0.4, -0.2) is 42.5 Å². The molecule has 0 fully saturated rings. The van der Waals surface area contributed by atoms with E-state index in [1.54, 1.807) is 6.07 Å². The molecule has 0 radical (unpaired) electrons. The lowest BCUT2D eigenvalue weighted by Gasteiger charge is -2.20. The van der Waals surface area contributed by atoms with Crippen LogP contribution in [0, 0.1) is 5.82 Å². The van der Waals surface area contributed by atoms with Crippen molar-refractivity contribution in [1.29, 1.82) is 0 Å². The van der Waals surface area contributed by atoms with E-state index < -0.39 is 0 Å². The van der Waals surface area contributed by atoms with E-state index >= 15 is 0 Å². The second-order valence-electron chi connectivity index (χ2n) is 6.70. The Hall–Kier alpha value is -1.98. The van der Waals surface area contributed by atoms with E-state index in [9.17, 15) is 9.18 Å². The summed E-state index contributed by atoms with van der Waals surface area (Å²) in [6.07, 6.45) is 5.20. The van der Waals surface area contributed by atoms with Gasteiger partial charge >= 0.3 is 0 Å². The highest BCUT2D eigenvalue weighted by atomic mass is 19.1. The molecule has 0 spiro atoms. The molecule has 2 aliphatic rings. The summed E-state index contributed by atoms with van der Waals surface area (Å²) in [4.78, 5) is 14.7. The molecule has 2 heterocycles. The smallest absolute Gasteiger partial charge is 0.256 e. The lowest BCUT2D eigenvalue weighted by molar-refractivity contribution is -0.110. The monoisotopic (exact) mass is 343 g/mol. The number of benzene rings is 1. The van der Waals surface area contributed by atoms with Crippen molar-refractivity contribution < 1.29 is 9.18 Å². The van der Waals surface area contributed by atoms with Gasteiger partial charge in [-0.1, -0.05) is 31.6 Å². The maximum absolute atomic E-state index is 13.6. The average Bonchev–Trinajstić information content (AvgIpc) is 3.09. The summed E-state index contributed by atoms with van der Waals surface area (Å²) in [7, 11) is 0. The van der Waals surface area contributed by atoms with Gasteiger partial charge in [0.25, 0.3) is 5.91 Å². The fourth-order valence-electron chi connectivity index (χ4n) is 3.53. The third-order valence-electron chi connectivity index (χ3n) is 5.10. The Bertz CT molecular complexity index is 722. The minimum absolute atomic E-state index is 0.0108. The molecule has 1 aromatic rings. The van der Waals surface area contributed by atoms with Crippen molar-refractivity contribution in [2.24, 2.45) is 0 Å². The van der Waals surface area contributed by atoms with Gasteiger partial charge in [-0.3, -0.25) is 4.79 Å². The van der Waals surface area contributed by atoms with Gasteiger partial charge in [-0.25, -0.2) is 4.39 Å². The standard InChI is InChI=1S/C20H26FN3O/c1-4-24(5-2)9-8-15-10-13(3)19(22-15)12-17-16-11-14(21)6-7-18(16)23-20(17)25/h6-7,10-12,15,19,22H,4-5,8-9H2,1-3H3,(H,23,25). The number of anilines is 1. The number of carbonyl (C=O) groups is 1. The molecular formula is C20H26FN3O. The zero-order chi connectivity index (χ0) is 18.0. The van der Waals surface area contributed by atoms with E-state index in [4.69, 9.17) is 0 Å². The Kier molecular flexibility index (Phi) is 5.35. The zero-order valence-electron chi connectivity index (χ0n) is 15.1. The number of amides is 1. The Labute approximate surface area is 148 Å². The number of hydrogen-bond acceptors (Lipinski definition) is 3. The highest BCUT2D eigenvalue weighted by molar-refractivity contribution is 6.31. The quantitative estimate of drug-likeness (QED) is 0.616. The van der Waals surface area contributed by atoms with Crippen molar-refractivity contribution in [3.05, 3.63) is 47.3 Å². The first-order valence-electron chi connectivity index (χ1n) is 9.01. The Morgan fingerprint density at radius 3 is 2.76 bits per heavy atom. The molecule has 0 saturated heterocycles. The second-order valence-corrected chi connectivity index (χ2v) is 6.70. The van der Waals surface area contributed by atoms with Crippen LogP contribution in [0.2, 0.25) is 0 Å². The molecule has 0 bridgehead atoms. The summed E-state index contributed by atoms with van der Waals surface area (Å²) in [5, 5.41) is 6.37. The first-order chi connectivity index (χ1) is 12.0. The normalized spacial score (nSPS) is 24.0. The molecule has 1 aromatic carbocycles. The molecule has 2 N–H and O–H groups in total. The van der Waals surface area contributed by atoms with Gasteiger partial charge in [-0.2, -0.15) is 0 Å². The van der Waals surface area contributed by atoms with Crippen LogP contribution < -0.4 is 10.6 Å².